The Kier molecular flexibility index (Phi) is 6.61. The Labute approximate surface area is 123 Å². The lowest BCUT2D eigenvalue weighted by atomic mass is 9.80. The molecule has 2 aliphatic carbocycles. The van der Waals surface area contributed by atoms with E-state index in [0.29, 0.717) is 18.9 Å². The van der Waals surface area contributed by atoms with Crippen molar-refractivity contribution in [3.8, 4) is 0 Å². The molecule has 1 amide bonds. The maximum absolute atomic E-state index is 12.2. The number of hydrogen-bond acceptors (Lipinski definition) is 2. The molecule has 2 unspecified atom stereocenters. The van der Waals surface area contributed by atoms with Crippen LogP contribution in [0.5, 0.6) is 0 Å². The van der Waals surface area contributed by atoms with Crippen LogP contribution in [0.2, 0.25) is 0 Å². The second-order valence-electron chi connectivity index (χ2n) is 6.58. The maximum atomic E-state index is 12.2. The molecule has 0 aliphatic heterocycles. The van der Waals surface area contributed by atoms with Gasteiger partial charge in [-0.3, -0.25) is 4.79 Å². The molecule has 0 heterocycles. The number of rotatable bonds is 4. The molecule has 0 aromatic heterocycles. The van der Waals surface area contributed by atoms with Gasteiger partial charge in [0.2, 0.25) is 5.91 Å². The van der Waals surface area contributed by atoms with Crippen molar-refractivity contribution in [1.29, 1.82) is 0 Å². The van der Waals surface area contributed by atoms with E-state index < -0.39 is 0 Å². The zero-order valence-electron chi connectivity index (χ0n) is 12.1. The van der Waals surface area contributed by atoms with Crippen molar-refractivity contribution in [1.82, 2.24) is 5.32 Å². The van der Waals surface area contributed by atoms with E-state index in [0.717, 1.165) is 18.8 Å². The summed E-state index contributed by atoms with van der Waals surface area (Å²) in [5.74, 6) is 1.64. The summed E-state index contributed by atoms with van der Waals surface area (Å²) in [5, 5.41) is 3.24. The van der Waals surface area contributed by atoms with Gasteiger partial charge in [-0.1, -0.05) is 32.6 Å². The Balaban J connectivity index is 0.00000180. The number of carbonyl (C=O) groups excluding carboxylic acids is 1. The van der Waals surface area contributed by atoms with Crippen LogP contribution in [-0.2, 0) is 4.79 Å². The number of amides is 1. The highest BCUT2D eigenvalue weighted by Crippen LogP contribution is 2.32. The van der Waals surface area contributed by atoms with E-state index >= 15 is 0 Å². The van der Waals surface area contributed by atoms with Gasteiger partial charge in [0.15, 0.2) is 0 Å². The van der Waals surface area contributed by atoms with Crippen molar-refractivity contribution >= 4 is 18.3 Å². The molecule has 0 aromatic rings. The van der Waals surface area contributed by atoms with E-state index in [4.69, 9.17) is 5.73 Å². The standard InChI is InChI=1S/C15H28N2O.ClH/c1-12-5-4-6-13(9-12)10-14(18)17-15(11-16)7-2-3-8-15;/h12-13H,2-11,16H2,1H3,(H,17,18);1H. The topological polar surface area (TPSA) is 55.1 Å². The Morgan fingerprint density at radius 3 is 2.53 bits per heavy atom. The second kappa shape index (κ2) is 7.49. The average molecular weight is 289 g/mol. The van der Waals surface area contributed by atoms with Gasteiger partial charge in [0.25, 0.3) is 0 Å². The third kappa shape index (κ3) is 4.64. The van der Waals surface area contributed by atoms with E-state index in [1.54, 1.807) is 0 Å². The van der Waals surface area contributed by atoms with Crippen molar-refractivity contribution < 1.29 is 4.79 Å². The fourth-order valence-corrected chi connectivity index (χ4v) is 3.79. The molecule has 2 aliphatic rings. The van der Waals surface area contributed by atoms with E-state index in [1.807, 2.05) is 0 Å². The van der Waals surface area contributed by atoms with Crippen LogP contribution in [-0.4, -0.2) is 18.0 Å². The summed E-state index contributed by atoms with van der Waals surface area (Å²) < 4.78 is 0. The van der Waals surface area contributed by atoms with E-state index in [9.17, 15) is 4.79 Å². The van der Waals surface area contributed by atoms with Crippen LogP contribution >= 0.6 is 12.4 Å². The van der Waals surface area contributed by atoms with Crippen molar-refractivity contribution in [3.63, 3.8) is 0 Å². The Hall–Kier alpha value is -0.280. The van der Waals surface area contributed by atoms with Gasteiger partial charge in [0.05, 0.1) is 5.54 Å². The lowest BCUT2D eigenvalue weighted by Crippen LogP contribution is -2.52. The Morgan fingerprint density at radius 2 is 1.95 bits per heavy atom. The predicted molar refractivity (Wildman–Crippen MR) is 81.4 cm³/mol. The fraction of sp³-hybridized carbons (Fsp3) is 0.933. The minimum atomic E-state index is -0.0721. The molecule has 3 N–H and O–H groups in total. The average Bonchev–Trinajstić information content (AvgIpc) is 2.78. The molecule has 0 radical (unpaired) electrons. The number of nitrogens with one attached hydrogen (secondary N) is 1. The van der Waals surface area contributed by atoms with Crippen LogP contribution < -0.4 is 11.1 Å². The summed E-state index contributed by atoms with van der Waals surface area (Å²) in [6.07, 6.45) is 10.3. The SMILES string of the molecule is CC1CCCC(CC(=O)NC2(CN)CCCC2)C1.Cl. The highest BCUT2D eigenvalue weighted by Gasteiger charge is 2.34. The summed E-state index contributed by atoms with van der Waals surface area (Å²) in [4.78, 5) is 12.2. The molecule has 2 rings (SSSR count). The molecule has 2 fully saturated rings. The molecule has 0 spiro atoms. The van der Waals surface area contributed by atoms with E-state index in [1.165, 1.54) is 38.5 Å². The number of nitrogens with two attached hydrogens (primary N) is 1. The number of carbonyl (C=O) groups is 1. The van der Waals surface area contributed by atoms with Gasteiger partial charge in [-0.05, 0) is 37.5 Å². The zero-order chi connectivity index (χ0) is 13.0. The first-order valence-electron chi connectivity index (χ1n) is 7.65. The third-order valence-electron chi connectivity index (χ3n) is 4.88. The highest BCUT2D eigenvalue weighted by molar-refractivity contribution is 5.85. The smallest absolute Gasteiger partial charge is 0.220 e. The summed E-state index contributed by atoms with van der Waals surface area (Å²) >= 11 is 0. The monoisotopic (exact) mass is 288 g/mol. The molecular formula is C15H29ClN2O. The maximum Gasteiger partial charge on any atom is 0.220 e. The first kappa shape index (κ1) is 16.8. The molecular weight excluding hydrogens is 260 g/mol. The van der Waals surface area contributed by atoms with Crippen LogP contribution in [0.1, 0.15) is 64.7 Å². The lowest BCUT2D eigenvalue weighted by molar-refractivity contribution is -0.124. The van der Waals surface area contributed by atoms with Crippen molar-refractivity contribution in [2.24, 2.45) is 17.6 Å². The molecule has 3 nitrogen and oxygen atoms in total. The largest absolute Gasteiger partial charge is 0.349 e. The fourth-order valence-electron chi connectivity index (χ4n) is 3.79. The van der Waals surface area contributed by atoms with Crippen LogP contribution in [0, 0.1) is 11.8 Å². The normalized spacial score (nSPS) is 29.6. The minimum absolute atomic E-state index is 0. The highest BCUT2D eigenvalue weighted by atomic mass is 35.5. The van der Waals surface area contributed by atoms with Crippen molar-refractivity contribution in [2.45, 2.75) is 70.3 Å². The minimum Gasteiger partial charge on any atom is -0.349 e. The van der Waals surface area contributed by atoms with Gasteiger partial charge in [0.1, 0.15) is 0 Å². The molecule has 19 heavy (non-hydrogen) atoms. The molecule has 2 saturated carbocycles. The predicted octanol–water partition coefficient (Wildman–Crippen LogP) is 3.01. The molecule has 0 saturated heterocycles. The summed E-state index contributed by atoms with van der Waals surface area (Å²) in [7, 11) is 0. The van der Waals surface area contributed by atoms with Crippen LogP contribution in [0.15, 0.2) is 0 Å². The molecule has 112 valence electrons. The van der Waals surface area contributed by atoms with Crippen LogP contribution in [0.25, 0.3) is 0 Å². The van der Waals surface area contributed by atoms with Gasteiger partial charge in [-0.15, -0.1) is 12.4 Å². The van der Waals surface area contributed by atoms with Crippen LogP contribution in [0.3, 0.4) is 0 Å². The first-order chi connectivity index (χ1) is 8.63. The second-order valence-corrected chi connectivity index (χ2v) is 6.58. The van der Waals surface area contributed by atoms with Gasteiger partial charge in [0, 0.05) is 13.0 Å². The number of hydrogen-bond donors (Lipinski definition) is 2. The van der Waals surface area contributed by atoms with E-state index in [2.05, 4.69) is 12.2 Å². The zero-order valence-corrected chi connectivity index (χ0v) is 12.9. The Bertz CT molecular complexity index is 290. The van der Waals surface area contributed by atoms with Gasteiger partial charge in [-0.2, -0.15) is 0 Å². The molecule has 2 atom stereocenters. The van der Waals surface area contributed by atoms with E-state index in [-0.39, 0.29) is 23.9 Å². The van der Waals surface area contributed by atoms with Gasteiger partial charge >= 0.3 is 0 Å². The quantitative estimate of drug-likeness (QED) is 0.835. The molecule has 4 heteroatoms. The van der Waals surface area contributed by atoms with Crippen molar-refractivity contribution in [2.75, 3.05) is 6.54 Å². The molecule has 0 bridgehead atoms. The van der Waals surface area contributed by atoms with Gasteiger partial charge in [-0.25, -0.2) is 0 Å². The summed E-state index contributed by atoms with van der Waals surface area (Å²) in [6.45, 7) is 2.90. The van der Waals surface area contributed by atoms with Crippen LogP contribution in [0.4, 0.5) is 0 Å². The lowest BCUT2D eigenvalue weighted by Gasteiger charge is -2.31. The third-order valence-corrected chi connectivity index (χ3v) is 4.88. The van der Waals surface area contributed by atoms with Crippen molar-refractivity contribution in [3.05, 3.63) is 0 Å². The summed E-state index contributed by atoms with van der Waals surface area (Å²) in [5.41, 5.74) is 5.79. The molecule has 0 aromatic carbocycles. The first-order valence-corrected chi connectivity index (χ1v) is 7.65. The Morgan fingerprint density at radius 1 is 1.26 bits per heavy atom. The van der Waals surface area contributed by atoms with Gasteiger partial charge < -0.3 is 11.1 Å². The summed E-state index contributed by atoms with van der Waals surface area (Å²) in [6, 6.07) is 0. The number of halogens is 1.